The molecule has 1 aromatic carbocycles. The molecule has 0 radical (unpaired) electrons. The molecule has 72 valence electrons. The van der Waals surface area contributed by atoms with E-state index in [9.17, 15) is 13.2 Å². The summed E-state index contributed by atoms with van der Waals surface area (Å²) in [5.41, 5.74) is 0.0949. The Labute approximate surface area is 73.8 Å². The molecule has 0 atom stereocenters. The number of hydrogen-bond donors (Lipinski definition) is 1. The smallest absolute Gasteiger partial charge is 0.162 e. The third kappa shape index (κ3) is 2.21. The van der Waals surface area contributed by atoms with E-state index in [1.165, 1.54) is 6.07 Å². The van der Waals surface area contributed by atoms with Gasteiger partial charge in [0.05, 0.1) is 0 Å². The van der Waals surface area contributed by atoms with Crippen LogP contribution in [0.3, 0.4) is 0 Å². The van der Waals surface area contributed by atoms with Gasteiger partial charge < -0.3 is 5.11 Å². The molecule has 1 N–H and O–H groups in total. The van der Waals surface area contributed by atoms with Crippen molar-refractivity contribution in [1.29, 1.82) is 0 Å². The lowest BCUT2D eigenvalue weighted by Crippen LogP contribution is -1.99. The highest BCUT2D eigenvalue weighted by molar-refractivity contribution is 5.26. The summed E-state index contributed by atoms with van der Waals surface area (Å²) in [6.45, 7) is -1.12. The van der Waals surface area contributed by atoms with E-state index >= 15 is 0 Å². The zero-order valence-electron chi connectivity index (χ0n) is 6.86. The van der Waals surface area contributed by atoms with Gasteiger partial charge in [-0.15, -0.1) is 0 Å². The number of rotatable bonds is 3. The summed E-state index contributed by atoms with van der Waals surface area (Å²) in [4.78, 5) is 0. The minimum absolute atomic E-state index is 0.00338. The predicted octanol–water partition coefficient (Wildman–Crippen LogP) is 1.97. The normalized spacial score (nSPS) is 10.5. The van der Waals surface area contributed by atoms with Crippen molar-refractivity contribution in [3.05, 3.63) is 34.9 Å². The molecular weight excluding hydrogens is 181 g/mol. The number of alkyl halides is 1. The van der Waals surface area contributed by atoms with Gasteiger partial charge in [-0.2, -0.15) is 0 Å². The quantitative estimate of drug-likeness (QED) is 0.772. The fourth-order valence-electron chi connectivity index (χ4n) is 1.09. The molecular formula is C9H9F3O. The van der Waals surface area contributed by atoms with Gasteiger partial charge in [-0.05, 0) is 29.7 Å². The number of aliphatic hydroxyl groups excluding tert-OH is 1. The Kier molecular flexibility index (Phi) is 3.31. The number of halogens is 3. The minimum Gasteiger partial charge on any atom is -0.396 e. The van der Waals surface area contributed by atoms with Gasteiger partial charge in [0.15, 0.2) is 11.6 Å². The average Bonchev–Trinajstić information content (AvgIpc) is 2.13. The monoisotopic (exact) mass is 190 g/mol. The molecule has 1 rings (SSSR count). The molecule has 4 heteroatoms. The highest BCUT2D eigenvalue weighted by Gasteiger charge is 2.09. The van der Waals surface area contributed by atoms with Crippen molar-refractivity contribution in [2.75, 3.05) is 6.61 Å². The molecule has 0 aromatic heterocycles. The second-order valence-electron chi connectivity index (χ2n) is 2.66. The fourth-order valence-corrected chi connectivity index (χ4v) is 1.09. The maximum absolute atomic E-state index is 12.9. The molecule has 1 aromatic rings. The molecule has 0 saturated heterocycles. The molecule has 0 bridgehead atoms. The van der Waals surface area contributed by atoms with Crippen LogP contribution in [-0.4, -0.2) is 11.7 Å². The topological polar surface area (TPSA) is 20.2 Å². The standard InChI is InChI=1S/C9H9F3O/c10-5-6-3-7(1-2-13)9(12)8(11)4-6/h3-4,13H,1-2,5H2. The maximum atomic E-state index is 12.9. The summed E-state index contributed by atoms with van der Waals surface area (Å²) in [5, 5.41) is 8.52. The Morgan fingerprint density at radius 2 is 1.92 bits per heavy atom. The van der Waals surface area contributed by atoms with Crippen molar-refractivity contribution in [1.82, 2.24) is 0 Å². The van der Waals surface area contributed by atoms with E-state index in [1.54, 1.807) is 0 Å². The summed E-state index contributed by atoms with van der Waals surface area (Å²) in [6.07, 6.45) is -0.00338. The molecule has 0 heterocycles. The molecule has 0 saturated carbocycles. The van der Waals surface area contributed by atoms with Gasteiger partial charge in [0, 0.05) is 6.61 Å². The van der Waals surface area contributed by atoms with Crippen LogP contribution in [0.25, 0.3) is 0 Å². The van der Waals surface area contributed by atoms with E-state index < -0.39 is 18.3 Å². The van der Waals surface area contributed by atoms with E-state index in [4.69, 9.17) is 5.11 Å². The first kappa shape index (κ1) is 10.1. The first-order valence-corrected chi connectivity index (χ1v) is 3.82. The summed E-state index contributed by atoms with van der Waals surface area (Å²) >= 11 is 0. The predicted molar refractivity (Wildman–Crippen MR) is 42.0 cm³/mol. The van der Waals surface area contributed by atoms with E-state index in [2.05, 4.69) is 0 Å². The highest BCUT2D eigenvalue weighted by Crippen LogP contribution is 2.16. The van der Waals surface area contributed by atoms with Crippen LogP contribution in [0.1, 0.15) is 11.1 Å². The van der Waals surface area contributed by atoms with Gasteiger partial charge in [0.2, 0.25) is 0 Å². The average molecular weight is 190 g/mol. The zero-order valence-corrected chi connectivity index (χ0v) is 6.86. The lowest BCUT2D eigenvalue weighted by molar-refractivity contribution is 0.296. The van der Waals surface area contributed by atoms with E-state index in [0.29, 0.717) is 0 Å². The van der Waals surface area contributed by atoms with Crippen LogP contribution in [0, 0.1) is 11.6 Å². The number of hydrogen-bond acceptors (Lipinski definition) is 1. The molecule has 0 unspecified atom stereocenters. The van der Waals surface area contributed by atoms with Gasteiger partial charge in [0.25, 0.3) is 0 Å². The number of aliphatic hydroxyl groups is 1. The lowest BCUT2D eigenvalue weighted by atomic mass is 10.1. The van der Waals surface area contributed by atoms with Gasteiger partial charge >= 0.3 is 0 Å². The summed E-state index contributed by atoms with van der Waals surface area (Å²) in [5.74, 6) is -2.08. The highest BCUT2D eigenvalue weighted by atomic mass is 19.2. The summed E-state index contributed by atoms with van der Waals surface area (Å²) in [7, 11) is 0. The van der Waals surface area contributed by atoms with Gasteiger partial charge in [-0.25, -0.2) is 13.2 Å². The van der Waals surface area contributed by atoms with Crippen molar-refractivity contribution >= 4 is 0 Å². The second-order valence-corrected chi connectivity index (χ2v) is 2.66. The van der Waals surface area contributed by atoms with Crippen LogP contribution in [0.5, 0.6) is 0 Å². The SMILES string of the molecule is OCCc1cc(CF)cc(F)c1F. The van der Waals surface area contributed by atoms with E-state index in [1.807, 2.05) is 0 Å². The van der Waals surface area contributed by atoms with Crippen molar-refractivity contribution in [3.8, 4) is 0 Å². The van der Waals surface area contributed by atoms with Crippen molar-refractivity contribution < 1.29 is 18.3 Å². The lowest BCUT2D eigenvalue weighted by Gasteiger charge is -2.04. The Balaban J connectivity index is 3.09. The molecule has 0 fully saturated rings. The van der Waals surface area contributed by atoms with E-state index in [0.717, 1.165) is 6.07 Å². The van der Waals surface area contributed by atoms with Gasteiger partial charge in [-0.1, -0.05) is 0 Å². The molecule has 13 heavy (non-hydrogen) atoms. The molecule has 0 aliphatic rings. The van der Waals surface area contributed by atoms with Crippen LogP contribution in [0.15, 0.2) is 12.1 Å². The summed E-state index contributed by atoms with van der Waals surface area (Å²) < 4.78 is 37.7. The maximum Gasteiger partial charge on any atom is 0.162 e. The Morgan fingerprint density at radius 3 is 2.46 bits per heavy atom. The second kappa shape index (κ2) is 4.28. The van der Waals surface area contributed by atoms with Gasteiger partial charge in [0.1, 0.15) is 6.67 Å². The Bertz CT molecular complexity index is 299. The molecule has 0 aliphatic carbocycles. The zero-order chi connectivity index (χ0) is 9.84. The number of benzene rings is 1. The van der Waals surface area contributed by atoms with Crippen LogP contribution in [0.4, 0.5) is 13.2 Å². The largest absolute Gasteiger partial charge is 0.396 e. The molecule has 1 nitrogen and oxygen atoms in total. The molecule has 0 amide bonds. The third-order valence-corrected chi connectivity index (χ3v) is 1.70. The third-order valence-electron chi connectivity index (χ3n) is 1.70. The molecule has 0 spiro atoms. The van der Waals surface area contributed by atoms with Crippen LogP contribution >= 0.6 is 0 Å². The van der Waals surface area contributed by atoms with Crippen molar-refractivity contribution in [3.63, 3.8) is 0 Å². The molecule has 0 aliphatic heterocycles. The first-order chi connectivity index (χ1) is 6.19. The fraction of sp³-hybridized carbons (Fsp3) is 0.333. The van der Waals surface area contributed by atoms with Crippen LogP contribution in [0.2, 0.25) is 0 Å². The van der Waals surface area contributed by atoms with Gasteiger partial charge in [-0.3, -0.25) is 0 Å². The van der Waals surface area contributed by atoms with E-state index in [-0.39, 0.29) is 24.2 Å². The minimum atomic E-state index is -1.07. The van der Waals surface area contributed by atoms with Crippen LogP contribution in [-0.2, 0) is 13.1 Å². The Hall–Kier alpha value is -1.03. The first-order valence-electron chi connectivity index (χ1n) is 3.82. The summed E-state index contributed by atoms with van der Waals surface area (Å²) in [6, 6.07) is 2.03. The van der Waals surface area contributed by atoms with Crippen molar-refractivity contribution in [2.24, 2.45) is 0 Å². The Morgan fingerprint density at radius 1 is 1.23 bits per heavy atom. The van der Waals surface area contributed by atoms with Crippen LogP contribution < -0.4 is 0 Å². The van der Waals surface area contributed by atoms with Crippen molar-refractivity contribution in [2.45, 2.75) is 13.1 Å².